The molecule has 0 saturated heterocycles. The highest BCUT2D eigenvalue weighted by Gasteiger charge is 2.16. The van der Waals surface area contributed by atoms with E-state index in [0.29, 0.717) is 23.7 Å². The van der Waals surface area contributed by atoms with E-state index in [1.807, 2.05) is 13.8 Å². The minimum atomic E-state index is -1.01. The monoisotopic (exact) mass is 604 g/mol. The summed E-state index contributed by atoms with van der Waals surface area (Å²) >= 11 is 0. The highest BCUT2D eigenvalue weighted by molar-refractivity contribution is 5.63. The highest BCUT2D eigenvalue weighted by atomic mass is 17.3. The van der Waals surface area contributed by atoms with Crippen LogP contribution in [0.4, 0.5) is 9.59 Å². The molecule has 252 valence electrons. The van der Waals surface area contributed by atoms with Crippen LogP contribution in [0.25, 0.3) is 0 Å². The number of hydrogen-bond donors (Lipinski definition) is 0. The van der Waals surface area contributed by atoms with Gasteiger partial charge in [0.05, 0.1) is 26.4 Å². The van der Waals surface area contributed by atoms with Gasteiger partial charge in [0.15, 0.2) is 0 Å². The average Bonchev–Trinajstić information content (AvgIpc) is 3.01. The van der Waals surface area contributed by atoms with Crippen molar-refractivity contribution in [2.24, 2.45) is 23.7 Å². The number of hydrogen-bond acceptors (Lipinski definition) is 8. The Labute approximate surface area is 259 Å². The zero-order valence-corrected chi connectivity index (χ0v) is 28.7. The van der Waals surface area contributed by atoms with Gasteiger partial charge < -0.3 is 9.47 Å². The molecule has 0 saturated carbocycles. The van der Waals surface area contributed by atoms with Crippen LogP contribution in [0.15, 0.2) is 0 Å². The molecule has 0 aliphatic heterocycles. The molecule has 0 aromatic rings. The number of rotatable bonds is 25. The molecule has 0 aromatic carbocycles. The standard InChI is InChI=1S/C18H34O6.C16H34O2/c1-5-9-11-15(7-3)13-21-17(19)23-24-18(20)22-14-16(8-4)12-10-6-2;1-5-9-11-15(7-3)13-17-18-14-16(8-4)12-10-6-2/h15-16H,5-14H2,1-4H3;15-16H,5-14H2,1-4H3. The van der Waals surface area contributed by atoms with E-state index in [4.69, 9.17) is 19.2 Å². The van der Waals surface area contributed by atoms with Crippen molar-refractivity contribution in [2.45, 2.75) is 158 Å². The molecule has 0 amide bonds. The van der Waals surface area contributed by atoms with Gasteiger partial charge in [-0.2, -0.15) is 19.4 Å². The first-order valence-corrected chi connectivity index (χ1v) is 17.3. The van der Waals surface area contributed by atoms with Gasteiger partial charge in [0.1, 0.15) is 0 Å². The first kappa shape index (κ1) is 42.6. The second-order valence-corrected chi connectivity index (χ2v) is 11.5. The maximum Gasteiger partial charge on any atom is 0.550 e. The van der Waals surface area contributed by atoms with Crippen molar-refractivity contribution in [3.05, 3.63) is 0 Å². The van der Waals surface area contributed by atoms with E-state index < -0.39 is 12.3 Å². The summed E-state index contributed by atoms with van der Waals surface area (Å²) in [7, 11) is 0. The van der Waals surface area contributed by atoms with Crippen LogP contribution < -0.4 is 0 Å². The third kappa shape index (κ3) is 27.3. The first-order valence-electron chi connectivity index (χ1n) is 17.3. The van der Waals surface area contributed by atoms with Gasteiger partial charge >= 0.3 is 12.3 Å². The van der Waals surface area contributed by atoms with Gasteiger partial charge in [-0.15, -0.1) is 0 Å². The van der Waals surface area contributed by atoms with E-state index in [1.165, 1.54) is 51.4 Å². The van der Waals surface area contributed by atoms with Crippen molar-refractivity contribution in [2.75, 3.05) is 26.4 Å². The predicted molar refractivity (Wildman–Crippen MR) is 170 cm³/mol. The summed E-state index contributed by atoms with van der Waals surface area (Å²) in [5, 5.41) is 0. The molecule has 0 aliphatic carbocycles. The number of ether oxygens (including phenoxy) is 2. The molecule has 42 heavy (non-hydrogen) atoms. The first-order chi connectivity index (χ1) is 20.3. The molecule has 4 atom stereocenters. The van der Waals surface area contributed by atoms with Crippen molar-refractivity contribution in [1.29, 1.82) is 0 Å². The Balaban J connectivity index is 0. The van der Waals surface area contributed by atoms with Crippen LogP contribution in [0.5, 0.6) is 0 Å². The van der Waals surface area contributed by atoms with Crippen molar-refractivity contribution in [3.63, 3.8) is 0 Å². The van der Waals surface area contributed by atoms with E-state index in [-0.39, 0.29) is 13.2 Å². The predicted octanol–water partition coefficient (Wildman–Crippen LogP) is 11.0. The van der Waals surface area contributed by atoms with Crippen molar-refractivity contribution in [3.8, 4) is 0 Å². The fourth-order valence-electron chi connectivity index (χ4n) is 4.37. The van der Waals surface area contributed by atoms with E-state index in [2.05, 4.69) is 51.3 Å². The van der Waals surface area contributed by atoms with Crippen LogP contribution in [0.1, 0.15) is 158 Å². The summed E-state index contributed by atoms with van der Waals surface area (Å²) in [6, 6.07) is 0. The fraction of sp³-hybridized carbons (Fsp3) is 0.941. The maximum absolute atomic E-state index is 11.4. The number of carbonyl (C=O) groups is 2. The van der Waals surface area contributed by atoms with Gasteiger partial charge in [-0.3, -0.25) is 0 Å². The Morgan fingerprint density at radius 1 is 0.429 bits per heavy atom. The van der Waals surface area contributed by atoms with Gasteiger partial charge in [-0.25, -0.2) is 9.78 Å². The summed E-state index contributed by atoms with van der Waals surface area (Å²) in [6.07, 6.45) is 16.3. The Morgan fingerprint density at radius 2 is 0.690 bits per heavy atom. The van der Waals surface area contributed by atoms with Crippen LogP contribution in [0, 0.1) is 23.7 Å². The zero-order chi connectivity index (χ0) is 31.8. The van der Waals surface area contributed by atoms with Crippen molar-refractivity contribution in [1.82, 2.24) is 0 Å². The second kappa shape index (κ2) is 32.4. The van der Waals surface area contributed by atoms with Gasteiger partial charge in [-0.1, -0.05) is 132 Å². The van der Waals surface area contributed by atoms with Crippen LogP contribution in [-0.2, 0) is 29.0 Å². The van der Waals surface area contributed by atoms with Crippen LogP contribution >= 0.6 is 0 Å². The molecule has 0 fully saturated rings. The zero-order valence-electron chi connectivity index (χ0n) is 28.7. The van der Waals surface area contributed by atoms with Gasteiger partial charge in [0.25, 0.3) is 0 Å². The molecule has 4 unspecified atom stereocenters. The molecule has 8 heteroatoms. The molecule has 0 N–H and O–H groups in total. The molecule has 0 aromatic heterocycles. The quantitative estimate of drug-likeness (QED) is 0.0440. The summed E-state index contributed by atoms with van der Waals surface area (Å²) in [4.78, 5) is 42.2. The molecular weight excluding hydrogens is 536 g/mol. The van der Waals surface area contributed by atoms with Crippen LogP contribution in [0.2, 0.25) is 0 Å². The minimum Gasteiger partial charge on any atom is -0.431 e. The SMILES string of the molecule is CCCCC(CC)COC(=O)OOC(=O)OCC(CC)CCCC.CCCCC(CC)COOCC(CC)CCCC. The molecule has 0 radical (unpaired) electrons. The number of unbranched alkanes of at least 4 members (excludes halogenated alkanes) is 4. The second-order valence-electron chi connectivity index (χ2n) is 11.5. The van der Waals surface area contributed by atoms with Crippen molar-refractivity contribution < 1.29 is 38.6 Å². The van der Waals surface area contributed by atoms with E-state index in [9.17, 15) is 9.59 Å². The highest BCUT2D eigenvalue weighted by Crippen LogP contribution is 2.16. The minimum absolute atomic E-state index is 0.267. The molecule has 0 rings (SSSR count). The Hall–Kier alpha value is -1.54. The average molecular weight is 605 g/mol. The largest absolute Gasteiger partial charge is 0.550 e. The van der Waals surface area contributed by atoms with Crippen LogP contribution in [-0.4, -0.2) is 38.7 Å². The smallest absolute Gasteiger partial charge is 0.431 e. The normalized spacial score (nSPS) is 13.7. The lowest BCUT2D eigenvalue weighted by atomic mass is 10.0. The molecule has 0 aliphatic rings. The van der Waals surface area contributed by atoms with Crippen LogP contribution in [0.3, 0.4) is 0 Å². The summed E-state index contributed by atoms with van der Waals surface area (Å²) in [5.41, 5.74) is 0. The topological polar surface area (TPSA) is 89.5 Å². The van der Waals surface area contributed by atoms with Gasteiger partial charge in [0, 0.05) is 0 Å². The van der Waals surface area contributed by atoms with E-state index in [1.54, 1.807) is 0 Å². The van der Waals surface area contributed by atoms with Gasteiger partial charge in [-0.05, 0) is 49.4 Å². The summed E-state index contributed by atoms with van der Waals surface area (Å²) in [5.74, 6) is 1.93. The Morgan fingerprint density at radius 3 is 0.929 bits per heavy atom. The molecule has 0 heterocycles. The Kier molecular flexibility index (Phi) is 32.8. The molecular formula is C34H68O8. The van der Waals surface area contributed by atoms with E-state index in [0.717, 1.165) is 64.6 Å². The molecule has 0 spiro atoms. The number of carbonyl (C=O) groups excluding carboxylic acids is 2. The summed E-state index contributed by atoms with van der Waals surface area (Å²) < 4.78 is 9.90. The van der Waals surface area contributed by atoms with Crippen molar-refractivity contribution >= 4 is 12.3 Å². The molecule has 8 nitrogen and oxygen atoms in total. The fourth-order valence-corrected chi connectivity index (χ4v) is 4.37. The summed E-state index contributed by atoms with van der Waals surface area (Å²) in [6.45, 7) is 19.3. The van der Waals surface area contributed by atoms with Gasteiger partial charge in [0.2, 0.25) is 0 Å². The van der Waals surface area contributed by atoms with E-state index >= 15 is 0 Å². The third-order valence-electron chi connectivity index (χ3n) is 7.92. The maximum atomic E-state index is 11.4. The lowest BCUT2D eigenvalue weighted by molar-refractivity contribution is -0.308. The lowest BCUT2D eigenvalue weighted by Gasteiger charge is -2.16. The molecule has 0 bridgehead atoms. The lowest BCUT2D eigenvalue weighted by Crippen LogP contribution is -2.19. The third-order valence-corrected chi connectivity index (χ3v) is 7.92. The Bertz CT molecular complexity index is 536.